The zero-order valence-electron chi connectivity index (χ0n) is 18.5. The van der Waals surface area contributed by atoms with Gasteiger partial charge in [0.1, 0.15) is 11.9 Å². The quantitative estimate of drug-likeness (QED) is 0.758. The summed E-state index contributed by atoms with van der Waals surface area (Å²) in [5.74, 6) is -1.37. The summed E-state index contributed by atoms with van der Waals surface area (Å²) in [6.07, 6.45) is 3.99. The van der Waals surface area contributed by atoms with E-state index in [0.717, 1.165) is 27.7 Å². The fourth-order valence-corrected chi connectivity index (χ4v) is 5.28. The van der Waals surface area contributed by atoms with Crippen LogP contribution in [0.2, 0.25) is 0 Å². The third kappa shape index (κ3) is 3.73. The smallest absolute Gasteiger partial charge is 0.305 e. The van der Waals surface area contributed by atoms with Gasteiger partial charge in [0, 0.05) is 42.5 Å². The lowest BCUT2D eigenvalue weighted by atomic mass is 9.92. The van der Waals surface area contributed by atoms with Gasteiger partial charge < -0.3 is 19.5 Å². The van der Waals surface area contributed by atoms with Crippen molar-refractivity contribution < 1.29 is 23.9 Å². The number of carboxylic acid groups (broad SMARTS) is 1. The van der Waals surface area contributed by atoms with Crippen molar-refractivity contribution in [3.63, 3.8) is 0 Å². The molecule has 0 bridgehead atoms. The van der Waals surface area contributed by atoms with E-state index in [1.165, 1.54) is 11.0 Å². The zero-order chi connectivity index (χ0) is 23.3. The lowest BCUT2D eigenvalue weighted by Gasteiger charge is -2.43. The number of hydrogen-bond acceptors (Lipinski definition) is 3. The van der Waals surface area contributed by atoms with Crippen LogP contribution in [0.3, 0.4) is 0 Å². The number of carbonyl (C=O) groups excluding carboxylic acids is 2. The lowest BCUT2D eigenvalue weighted by Crippen LogP contribution is -2.61. The highest BCUT2D eigenvalue weighted by Gasteiger charge is 2.43. The van der Waals surface area contributed by atoms with Crippen LogP contribution in [-0.4, -0.2) is 56.4 Å². The number of rotatable bonds is 5. The largest absolute Gasteiger partial charge is 0.481 e. The Morgan fingerprint density at radius 2 is 1.94 bits per heavy atom. The van der Waals surface area contributed by atoms with Crippen molar-refractivity contribution in [2.24, 2.45) is 5.92 Å². The number of halogens is 1. The van der Waals surface area contributed by atoms with Crippen molar-refractivity contribution in [1.29, 1.82) is 0 Å². The summed E-state index contributed by atoms with van der Waals surface area (Å²) in [5, 5.41) is 10.0. The van der Waals surface area contributed by atoms with Gasteiger partial charge in [-0.1, -0.05) is 31.2 Å². The number of nitrogens with zero attached hydrogens (tertiary/aromatic N) is 3. The zero-order valence-corrected chi connectivity index (χ0v) is 18.5. The number of aliphatic carboxylic acids is 1. The second kappa shape index (κ2) is 8.17. The fraction of sp³-hybridized carbons (Fsp3) is 0.400. The van der Waals surface area contributed by atoms with Crippen LogP contribution in [0.5, 0.6) is 0 Å². The molecule has 1 fully saturated rings. The molecule has 2 atom stereocenters. The number of hydrogen-bond donors (Lipinski definition) is 1. The number of carbonyl (C=O) groups is 3. The first-order valence-corrected chi connectivity index (χ1v) is 11.3. The van der Waals surface area contributed by atoms with Gasteiger partial charge in [-0.05, 0) is 29.2 Å². The minimum absolute atomic E-state index is 0.0367. The molecule has 1 saturated heterocycles. The minimum atomic E-state index is -0.993. The molecule has 0 radical (unpaired) electrons. The summed E-state index contributed by atoms with van der Waals surface area (Å²) in [6.45, 7) is 2.90. The molecule has 172 valence electrons. The van der Waals surface area contributed by atoms with Gasteiger partial charge in [-0.2, -0.15) is 0 Å². The van der Waals surface area contributed by atoms with Crippen molar-refractivity contribution in [3.8, 4) is 0 Å². The lowest BCUT2D eigenvalue weighted by molar-refractivity contribution is -0.158. The Balaban J connectivity index is 1.52. The van der Waals surface area contributed by atoms with E-state index in [0.29, 0.717) is 25.9 Å². The van der Waals surface area contributed by atoms with E-state index in [1.807, 2.05) is 37.3 Å². The van der Waals surface area contributed by atoms with E-state index in [2.05, 4.69) is 4.57 Å². The topological polar surface area (TPSA) is 82.9 Å². The molecule has 7 nitrogen and oxygen atoms in total. The van der Waals surface area contributed by atoms with E-state index in [-0.39, 0.29) is 43.1 Å². The van der Waals surface area contributed by atoms with Gasteiger partial charge in [0.2, 0.25) is 11.8 Å². The van der Waals surface area contributed by atoms with Crippen molar-refractivity contribution in [2.45, 2.75) is 45.3 Å². The Hall–Kier alpha value is -3.42. The predicted molar refractivity (Wildman–Crippen MR) is 120 cm³/mol. The Morgan fingerprint density at radius 1 is 1.15 bits per heavy atom. The number of fused-ring (bicyclic) bond motifs is 4. The molecule has 3 aliphatic rings. The van der Waals surface area contributed by atoms with Crippen molar-refractivity contribution in [1.82, 2.24) is 14.4 Å². The highest BCUT2D eigenvalue weighted by molar-refractivity contribution is 5.97. The second-order valence-corrected chi connectivity index (χ2v) is 9.13. The van der Waals surface area contributed by atoms with Crippen LogP contribution in [0.15, 0.2) is 47.8 Å². The molecule has 5 rings (SSSR count). The summed E-state index contributed by atoms with van der Waals surface area (Å²) in [6, 6.07) is 7.40. The normalized spacial score (nSPS) is 22.7. The van der Waals surface area contributed by atoms with Crippen molar-refractivity contribution >= 4 is 28.7 Å². The average molecular weight is 451 g/mol. The Labute approximate surface area is 190 Å². The highest BCUT2D eigenvalue weighted by atomic mass is 19.1. The number of aromatic nitrogens is 1. The SMILES string of the molecule is CC1CC(F)=CC=C1Cn1c2c(c3ccccc31)CC1C(=O)N(CCC(=O)O)CC(=O)N1C2. The summed E-state index contributed by atoms with van der Waals surface area (Å²) < 4.78 is 15.9. The molecule has 1 N–H and O–H groups in total. The van der Waals surface area contributed by atoms with E-state index >= 15 is 0 Å². The van der Waals surface area contributed by atoms with Gasteiger partial charge in [0.25, 0.3) is 0 Å². The van der Waals surface area contributed by atoms with Crippen LogP contribution in [0.25, 0.3) is 10.9 Å². The van der Waals surface area contributed by atoms with Gasteiger partial charge >= 0.3 is 5.97 Å². The Morgan fingerprint density at radius 3 is 2.70 bits per heavy atom. The van der Waals surface area contributed by atoms with Crippen LogP contribution in [-0.2, 0) is 33.9 Å². The van der Waals surface area contributed by atoms with Crippen molar-refractivity contribution in [2.75, 3.05) is 13.1 Å². The molecule has 1 aromatic carbocycles. The molecule has 2 unspecified atom stereocenters. The maximum Gasteiger partial charge on any atom is 0.305 e. The maximum atomic E-state index is 13.7. The molecular formula is C25H26FN3O4. The number of para-hydroxylation sites is 1. The monoisotopic (exact) mass is 451 g/mol. The first-order chi connectivity index (χ1) is 15.8. The second-order valence-electron chi connectivity index (χ2n) is 9.13. The Kier molecular flexibility index (Phi) is 5.31. The number of allylic oxidation sites excluding steroid dienone is 4. The summed E-state index contributed by atoms with van der Waals surface area (Å²) in [4.78, 5) is 40.1. The van der Waals surface area contributed by atoms with Gasteiger partial charge in [0.05, 0.1) is 19.5 Å². The molecule has 3 heterocycles. The fourth-order valence-electron chi connectivity index (χ4n) is 5.28. The first-order valence-electron chi connectivity index (χ1n) is 11.3. The summed E-state index contributed by atoms with van der Waals surface area (Å²) in [5.41, 5.74) is 4.23. The van der Waals surface area contributed by atoms with Crippen LogP contribution >= 0.6 is 0 Å². The van der Waals surface area contributed by atoms with Crippen molar-refractivity contribution in [3.05, 3.63) is 59.1 Å². The van der Waals surface area contributed by atoms with E-state index < -0.39 is 12.0 Å². The van der Waals surface area contributed by atoms with E-state index in [4.69, 9.17) is 5.11 Å². The molecule has 2 aromatic rings. The standard InChI is InChI=1S/C25H26FN3O4/c1-15-10-17(26)7-6-16(15)12-28-20-5-3-2-4-18(20)19-11-21-25(33)27(9-8-24(31)32)14-23(30)29(21)13-22(19)28/h2-7,15,21H,8-14H2,1H3,(H,31,32). The summed E-state index contributed by atoms with van der Waals surface area (Å²) in [7, 11) is 0. The molecule has 0 saturated carbocycles. The third-order valence-electron chi connectivity index (χ3n) is 7.08. The molecule has 2 aliphatic heterocycles. The maximum absolute atomic E-state index is 13.7. The Bertz CT molecular complexity index is 1230. The summed E-state index contributed by atoms with van der Waals surface area (Å²) >= 11 is 0. The first kappa shape index (κ1) is 21.4. The molecule has 2 amide bonds. The van der Waals surface area contributed by atoms with Gasteiger partial charge in [0.15, 0.2) is 0 Å². The van der Waals surface area contributed by atoms with Gasteiger partial charge in [-0.15, -0.1) is 0 Å². The number of benzene rings is 1. The van der Waals surface area contributed by atoms with Crippen LogP contribution in [0.4, 0.5) is 4.39 Å². The van der Waals surface area contributed by atoms with E-state index in [9.17, 15) is 18.8 Å². The molecule has 0 spiro atoms. The highest BCUT2D eigenvalue weighted by Crippen LogP contribution is 2.37. The van der Waals surface area contributed by atoms with Crippen LogP contribution < -0.4 is 0 Å². The number of amides is 2. The van der Waals surface area contributed by atoms with Gasteiger partial charge in [-0.25, -0.2) is 4.39 Å². The molecular weight excluding hydrogens is 425 g/mol. The number of piperazine rings is 1. The third-order valence-corrected chi connectivity index (χ3v) is 7.08. The van der Waals surface area contributed by atoms with Gasteiger partial charge in [-0.3, -0.25) is 14.4 Å². The molecule has 1 aromatic heterocycles. The molecule has 33 heavy (non-hydrogen) atoms. The molecule has 1 aliphatic carbocycles. The minimum Gasteiger partial charge on any atom is -0.481 e. The van der Waals surface area contributed by atoms with E-state index in [1.54, 1.807) is 4.90 Å². The molecule has 8 heteroatoms. The van der Waals surface area contributed by atoms with Crippen LogP contribution in [0.1, 0.15) is 31.0 Å². The number of carboxylic acids is 1. The predicted octanol–water partition coefficient (Wildman–Crippen LogP) is 3.03. The average Bonchev–Trinajstić information content (AvgIpc) is 3.09. The van der Waals surface area contributed by atoms with Crippen LogP contribution in [0, 0.1) is 5.92 Å².